The van der Waals surface area contributed by atoms with Crippen LogP contribution in [0.2, 0.25) is 0 Å². The molecule has 11 aromatic rings. The first-order valence-electron chi connectivity index (χ1n) is 16.8. The van der Waals surface area contributed by atoms with Gasteiger partial charge in [0.05, 0.1) is 32.5 Å². The van der Waals surface area contributed by atoms with Gasteiger partial charge in [-0.15, -0.1) is 11.3 Å². The molecule has 0 N–H and O–H groups in total. The van der Waals surface area contributed by atoms with E-state index >= 15 is 0 Å². The van der Waals surface area contributed by atoms with Crippen LogP contribution in [0.5, 0.6) is 0 Å². The Morgan fingerprint density at radius 2 is 1.04 bits per heavy atom. The maximum Gasteiger partial charge on any atom is 0.0720 e. The number of fused-ring (bicyclic) bond motifs is 11. The summed E-state index contributed by atoms with van der Waals surface area (Å²) in [4.78, 5) is 0. The van der Waals surface area contributed by atoms with E-state index in [4.69, 9.17) is 0 Å². The van der Waals surface area contributed by atoms with Crippen molar-refractivity contribution in [3.63, 3.8) is 0 Å². The Bertz CT molecular complexity index is 3100. The smallest absolute Gasteiger partial charge is 0.0720 e. The zero-order valence-electron chi connectivity index (χ0n) is 26.5. The van der Waals surface area contributed by atoms with E-state index in [9.17, 15) is 0 Å². The van der Waals surface area contributed by atoms with Gasteiger partial charge in [0.1, 0.15) is 0 Å². The summed E-state index contributed by atoms with van der Waals surface area (Å²) in [5.74, 6) is 0. The molecular formula is C46H28N2S. The minimum absolute atomic E-state index is 1.18. The molecule has 0 saturated carbocycles. The molecule has 49 heavy (non-hydrogen) atoms. The van der Waals surface area contributed by atoms with Gasteiger partial charge in [0.2, 0.25) is 0 Å². The number of aromatic nitrogens is 2. The Labute approximate surface area is 286 Å². The standard InChI is InChI=1S/C46H28N2S/c1-2-15-31(16-3-1)47-40-21-9-7-19-34(40)38-28-36(44-35-20-8-11-24-43(35)49-46(44)45(38)47)30-25-26-42-37(27-30)33-18-6-10-22-41(33)48(42)39-23-12-14-29-13-4-5-17-32(29)39/h1-28H. The lowest BCUT2D eigenvalue weighted by Gasteiger charge is -2.12. The molecule has 0 fully saturated rings. The van der Waals surface area contributed by atoms with Crippen molar-refractivity contribution in [2.75, 3.05) is 0 Å². The van der Waals surface area contributed by atoms with E-state index < -0.39 is 0 Å². The van der Waals surface area contributed by atoms with Crippen LogP contribution < -0.4 is 0 Å². The van der Waals surface area contributed by atoms with Gasteiger partial charge in [-0.1, -0.05) is 115 Å². The number of hydrogen-bond acceptors (Lipinski definition) is 1. The summed E-state index contributed by atoms with van der Waals surface area (Å²) in [6.45, 7) is 0. The Balaban J connectivity index is 1.26. The van der Waals surface area contributed by atoms with Crippen molar-refractivity contribution in [1.82, 2.24) is 9.13 Å². The van der Waals surface area contributed by atoms with Gasteiger partial charge in [0.15, 0.2) is 0 Å². The molecule has 0 saturated heterocycles. The quantitative estimate of drug-likeness (QED) is 0.182. The SMILES string of the molecule is c1ccc(-n2c3ccccc3c3cc(-c4ccc5c(c4)c4ccccc4n5-c4cccc5ccccc45)c4c5ccccc5sc4c32)cc1. The monoisotopic (exact) mass is 640 g/mol. The lowest BCUT2D eigenvalue weighted by atomic mass is 9.95. The van der Waals surface area contributed by atoms with Gasteiger partial charge < -0.3 is 9.13 Å². The molecule has 0 amide bonds. The predicted octanol–water partition coefficient (Wildman–Crippen LogP) is 13.1. The first kappa shape index (κ1) is 26.9. The van der Waals surface area contributed by atoms with Crippen molar-refractivity contribution in [2.45, 2.75) is 0 Å². The normalized spacial score (nSPS) is 12.1. The molecule has 0 aliphatic rings. The zero-order chi connectivity index (χ0) is 32.1. The largest absolute Gasteiger partial charge is 0.309 e. The summed E-state index contributed by atoms with van der Waals surface area (Å²) < 4.78 is 7.55. The highest BCUT2D eigenvalue weighted by atomic mass is 32.1. The summed E-state index contributed by atoms with van der Waals surface area (Å²) in [7, 11) is 0. The molecule has 11 rings (SSSR count). The van der Waals surface area contributed by atoms with E-state index in [-0.39, 0.29) is 0 Å². The summed E-state index contributed by atoms with van der Waals surface area (Å²) >= 11 is 1.91. The maximum atomic E-state index is 2.47. The van der Waals surface area contributed by atoms with Crippen LogP contribution in [0.1, 0.15) is 0 Å². The van der Waals surface area contributed by atoms with Crippen LogP contribution in [0, 0.1) is 0 Å². The van der Waals surface area contributed by atoms with Crippen LogP contribution in [0.3, 0.4) is 0 Å². The number of thiophene rings is 1. The summed E-state index contributed by atoms with van der Waals surface area (Å²) in [6, 6.07) is 62.3. The third-order valence-corrected chi connectivity index (χ3v) is 11.5. The fraction of sp³-hybridized carbons (Fsp3) is 0. The van der Waals surface area contributed by atoms with Crippen LogP contribution in [-0.4, -0.2) is 9.13 Å². The number of benzene rings is 8. The van der Waals surface area contributed by atoms with Gasteiger partial charge >= 0.3 is 0 Å². The third-order valence-electron chi connectivity index (χ3n) is 10.3. The number of para-hydroxylation sites is 3. The molecule has 8 aromatic carbocycles. The number of rotatable bonds is 3. The summed E-state index contributed by atoms with van der Waals surface area (Å²) in [5.41, 5.74) is 9.85. The highest BCUT2D eigenvalue weighted by molar-refractivity contribution is 7.26. The molecule has 0 atom stereocenters. The average molecular weight is 641 g/mol. The van der Waals surface area contributed by atoms with Gasteiger partial charge in [0.25, 0.3) is 0 Å². The van der Waals surface area contributed by atoms with E-state index in [0.717, 1.165) is 0 Å². The Morgan fingerprint density at radius 3 is 1.88 bits per heavy atom. The van der Waals surface area contributed by atoms with Gasteiger partial charge in [-0.05, 0) is 71.1 Å². The molecule has 3 aromatic heterocycles. The second-order valence-corrected chi connectivity index (χ2v) is 13.9. The van der Waals surface area contributed by atoms with Crippen LogP contribution in [0.4, 0.5) is 0 Å². The molecule has 0 unspecified atom stereocenters. The molecule has 3 heteroatoms. The van der Waals surface area contributed by atoms with Gasteiger partial charge in [-0.3, -0.25) is 0 Å². The van der Waals surface area contributed by atoms with Crippen LogP contribution in [-0.2, 0) is 0 Å². The molecule has 2 nitrogen and oxygen atoms in total. The van der Waals surface area contributed by atoms with E-state index in [1.807, 2.05) is 11.3 Å². The highest BCUT2D eigenvalue weighted by Crippen LogP contribution is 2.48. The fourth-order valence-corrected chi connectivity index (χ4v) is 9.47. The van der Waals surface area contributed by atoms with Crippen LogP contribution in [0.25, 0.3) is 97.1 Å². The second kappa shape index (κ2) is 10.2. The Hall–Kier alpha value is -6.16. The lowest BCUT2D eigenvalue weighted by molar-refractivity contribution is 1.19. The summed E-state index contributed by atoms with van der Waals surface area (Å²) in [6.07, 6.45) is 0. The average Bonchev–Trinajstić information content (AvgIpc) is 3.82. The van der Waals surface area contributed by atoms with Crippen LogP contribution in [0.15, 0.2) is 170 Å². The van der Waals surface area contributed by atoms with Crippen molar-refractivity contribution >= 4 is 85.9 Å². The minimum atomic E-state index is 1.18. The van der Waals surface area contributed by atoms with Crippen molar-refractivity contribution in [2.24, 2.45) is 0 Å². The molecule has 0 aliphatic heterocycles. The number of hydrogen-bond donors (Lipinski definition) is 0. The maximum absolute atomic E-state index is 2.47. The third kappa shape index (κ3) is 3.76. The molecule has 0 radical (unpaired) electrons. The molecular weight excluding hydrogens is 613 g/mol. The van der Waals surface area contributed by atoms with E-state index in [1.165, 1.54) is 97.1 Å². The highest BCUT2D eigenvalue weighted by Gasteiger charge is 2.22. The van der Waals surface area contributed by atoms with Gasteiger partial charge in [-0.2, -0.15) is 0 Å². The van der Waals surface area contributed by atoms with Crippen LogP contribution >= 0.6 is 11.3 Å². The molecule has 228 valence electrons. The van der Waals surface area contributed by atoms with E-state index in [1.54, 1.807) is 0 Å². The van der Waals surface area contributed by atoms with Crippen molar-refractivity contribution in [3.8, 4) is 22.5 Å². The number of nitrogens with zero attached hydrogens (tertiary/aromatic N) is 2. The first-order chi connectivity index (χ1) is 24.3. The van der Waals surface area contributed by atoms with E-state index in [0.29, 0.717) is 0 Å². The van der Waals surface area contributed by atoms with Gasteiger partial charge in [0, 0.05) is 48.1 Å². The molecule has 0 aliphatic carbocycles. The Kier molecular flexibility index (Phi) is 5.57. The second-order valence-electron chi connectivity index (χ2n) is 12.9. The molecule has 3 heterocycles. The van der Waals surface area contributed by atoms with Gasteiger partial charge in [-0.25, -0.2) is 0 Å². The Morgan fingerprint density at radius 1 is 0.408 bits per heavy atom. The minimum Gasteiger partial charge on any atom is -0.309 e. The lowest BCUT2D eigenvalue weighted by Crippen LogP contribution is -1.95. The fourth-order valence-electron chi connectivity index (χ4n) is 8.21. The molecule has 0 bridgehead atoms. The zero-order valence-corrected chi connectivity index (χ0v) is 27.3. The topological polar surface area (TPSA) is 9.86 Å². The summed E-state index contributed by atoms with van der Waals surface area (Å²) in [5, 5.41) is 10.2. The van der Waals surface area contributed by atoms with E-state index in [2.05, 4.69) is 179 Å². The van der Waals surface area contributed by atoms with Crippen molar-refractivity contribution in [1.29, 1.82) is 0 Å². The predicted molar refractivity (Wildman–Crippen MR) is 211 cm³/mol. The van der Waals surface area contributed by atoms with Crippen molar-refractivity contribution in [3.05, 3.63) is 170 Å². The van der Waals surface area contributed by atoms with Crippen molar-refractivity contribution < 1.29 is 0 Å². The first-order valence-corrected chi connectivity index (χ1v) is 17.6. The molecule has 0 spiro atoms.